The van der Waals surface area contributed by atoms with Gasteiger partial charge in [-0.1, -0.05) is 24.3 Å². The molecule has 0 aromatic heterocycles. The van der Waals surface area contributed by atoms with Gasteiger partial charge < -0.3 is 15.4 Å². The number of methoxy groups -OCH3 is 1. The first-order valence-electron chi connectivity index (χ1n) is 9.44. The normalized spacial score (nSPS) is 18.5. The van der Waals surface area contributed by atoms with Gasteiger partial charge in [-0.25, -0.2) is 4.79 Å². The monoisotopic (exact) mass is 395 g/mol. The van der Waals surface area contributed by atoms with Gasteiger partial charge in [0.05, 0.1) is 7.11 Å². The quantitative estimate of drug-likeness (QED) is 0.706. The van der Waals surface area contributed by atoms with E-state index < -0.39 is 23.4 Å². The molecule has 0 saturated carbocycles. The fourth-order valence-corrected chi connectivity index (χ4v) is 3.31. The fourth-order valence-electron chi connectivity index (χ4n) is 3.31. The minimum atomic E-state index is -1.04. The third-order valence-corrected chi connectivity index (χ3v) is 5.02. The number of carbonyl (C=O) groups is 3. The average Bonchev–Trinajstić information content (AvgIpc) is 2.90. The van der Waals surface area contributed by atoms with Crippen LogP contribution < -0.4 is 15.4 Å². The van der Waals surface area contributed by atoms with Crippen molar-refractivity contribution in [2.75, 3.05) is 19.0 Å². The Morgan fingerprint density at radius 1 is 1.17 bits per heavy atom. The van der Waals surface area contributed by atoms with Gasteiger partial charge >= 0.3 is 6.03 Å². The van der Waals surface area contributed by atoms with E-state index in [2.05, 4.69) is 10.6 Å². The molecule has 1 saturated heterocycles. The lowest BCUT2D eigenvalue weighted by Crippen LogP contribution is -2.45. The minimum Gasteiger partial charge on any atom is -0.497 e. The third-order valence-electron chi connectivity index (χ3n) is 5.02. The maximum atomic E-state index is 12.8. The first-order chi connectivity index (χ1) is 13.8. The van der Waals surface area contributed by atoms with Crippen molar-refractivity contribution in [1.82, 2.24) is 10.2 Å². The standard InChI is InChI=1S/C22H25N3O4/c1-15-5-4-6-17(13-15)23-19(26)14-25-20(27)22(2,24-21(25)28)12-11-16-7-9-18(29-3)10-8-16/h4-10,13H,11-12,14H2,1-3H3,(H,23,26)(H,24,28)/t22-/m1/s1. The topological polar surface area (TPSA) is 87.7 Å². The summed E-state index contributed by atoms with van der Waals surface area (Å²) in [7, 11) is 1.60. The number of nitrogens with one attached hydrogen (secondary N) is 2. The Hall–Kier alpha value is -3.35. The van der Waals surface area contributed by atoms with E-state index in [-0.39, 0.29) is 6.54 Å². The highest BCUT2D eigenvalue weighted by atomic mass is 16.5. The van der Waals surface area contributed by atoms with Crippen molar-refractivity contribution < 1.29 is 19.1 Å². The van der Waals surface area contributed by atoms with Crippen LogP contribution in [0.1, 0.15) is 24.5 Å². The summed E-state index contributed by atoms with van der Waals surface area (Å²) in [5, 5.41) is 5.46. The van der Waals surface area contributed by atoms with E-state index >= 15 is 0 Å². The molecule has 1 aliphatic rings. The van der Waals surface area contributed by atoms with E-state index in [1.807, 2.05) is 49.4 Å². The summed E-state index contributed by atoms with van der Waals surface area (Å²) in [6.45, 7) is 3.29. The molecule has 1 fully saturated rings. The first-order valence-corrected chi connectivity index (χ1v) is 9.44. The van der Waals surface area contributed by atoms with Crippen LogP contribution in [0.5, 0.6) is 5.75 Å². The number of nitrogens with zero attached hydrogens (tertiary/aromatic N) is 1. The summed E-state index contributed by atoms with van der Waals surface area (Å²) >= 11 is 0. The Labute approximate surface area is 170 Å². The molecule has 1 aliphatic heterocycles. The van der Waals surface area contributed by atoms with Crippen molar-refractivity contribution in [3.05, 3.63) is 59.7 Å². The van der Waals surface area contributed by atoms with Crippen LogP contribution in [0.15, 0.2) is 48.5 Å². The predicted octanol–water partition coefficient (Wildman–Crippen LogP) is 2.89. The molecule has 2 N–H and O–H groups in total. The molecule has 0 unspecified atom stereocenters. The van der Waals surface area contributed by atoms with E-state index in [1.54, 1.807) is 20.1 Å². The van der Waals surface area contributed by atoms with Crippen LogP contribution in [0, 0.1) is 6.92 Å². The summed E-state index contributed by atoms with van der Waals surface area (Å²) in [6, 6.07) is 14.3. The molecule has 2 aromatic rings. The van der Waals surface area contributed by atoms with Crippen LogP contribution in [-0.4, -0.2) is 41.9 Å². The second-order valence-corrected chi connectivity index (χ2v) is 7.42. The van der Waals surface area contributed by atoms with Crippen molar-refractivity contribution in [1.29, 1.82) is 0 Å². The summed E-state index contributed by atoms with van der Waals surface area (Å²) in [5.74, 6) is -0.0510. The number of anilines is 1. The van der Waals surface area contributed by atoms with Crippen LogP contribution in [0.3, 0.4) is 0 Å². The number of imide groups is 1. The van der Waals surface area contributed by atoms with Crippen molar-refractivity contribution >= 4 is 23.5 Å². The van der Waals surface area contributed by atoms with Crippen molar-refractivity contribution in [3.8, 4) is 5.75 Å². The van der Waals surface area contributed by atoms with Crippen molar-refractivity contribution in [2.45, 2.75) is 32.2 Å². The second-order valence-electron chi connectivity index (χ2n) is 7.42. The number of ether oxygens (including phenoxy) is 1. The summed E-state index contributed by atoms with van der Waals surface area (Å²) in [5.41, 5.74) is 1.62. The third kappa shape index (κ3) is 4.74. The van der Waals surface area contributed by atoms with E-state index in [4.69, 9.17) is 4.74 Å². The van der Waals surface area contributed by atoms with E-state index in [0.29, 0.717) is 18.5 Å². The van der Waals surface area contributed by atoms with Gasteiger partial charge in [0.15, 0.2) is 0 Å². The molecule has 0 bridgehead atoms. The van der Waals surface area contributed by atoms with Crippen molar-refractivity contribution in [2.24, 2.45) is 0 Å². The summed E-state index contributed by atoms with van der Waals surface area (Å²) < 4.78 is 5.14. The van der Waals surface area contributed by atoms with Gasteiger partial charge in [-0.05, 0) is 62.1 Å². The van der Waals surface area contributed by atoms with Gasteiger partial charge in [0.2, 0.25) is 5.91 Å². The van der Waals surface area contributed by atoms with Crippen LogP contribution in [-0.2, 0) is 16.0 Å². The van der Waals surface area contributed by atoms with E-state index in [9.17, 15) is 14.4 Å². The van der Waals surface area contributed by atoms with Gasteiger partial charge in [-0.3, -0.25) is 14.5 Å². The number of carbonyl (C=O) groups excluding carboxylic acids is 3. The van der Waals surface area contributed by atoms with Gasteiger partial charge in [0, 0.05) is 5.69 Å². The van der Waals surface area contributed by atoms with Gasteiger partial charge in [-0.15, -0.1) is 0 Å². The number of rotatable bonds is 7. The molecule has 152 valence electrons. The molecule has 0 spiro atoms. The summed E-state index contributed by atoms with van der Waals surface area (Å²) in [6.07, 6.45) is 1.04. The molecule has 7 nitrogen and oxygen atoms in total. The van der Waals surface area contributed by atoms with Crippen molar-refractivity contribution in [3.63, 3.8) is 0 Å². The molecule has 2 aromatic carbocycles. The highest BCUT2D eigenvalue weighted by Crippen LogP contribution is 2.24. The smallest absolute Gasteiger partial charge is 0.325 e. The SMILES string of the molecule is COc1ccc(CC[C@@]2(C)NC(=O)N(CC(=O)Nc3cccc(C)c3)C2=O)cc1. The molecule has 0 aliphatic carbocycles. The second kappa shape index (κ2) is 8.34. The maximum Gasteiger partial charge on any atom is 0.325 e. The Morgan fingerprint density at radius 3 is 2.55 bits per heavy atom. The molecule has 7 heteroatoms. The lowest BCUT2D eigenvalue weighted by molar-refractivity contribution is -0.133. The van der Waals surface area contributed by atoms with E-state index in [0.717, 1.165) is 21.8 Å². The molecular formula is C22H25N3O4. The zero-order valence-electron chi connectivity index (χ0n) is 16.8. The number of benzene rings is 2. The molecule has 0 radical (unpaired) electrons. The number of aryl methyl sites for hydroxylation is 2. The summed E-state index contributed by atoms with van der Waals surface area (Å²) in [4.78, 5) is 38.5. The highest BCUT2D eigenvalue weighted by molar-refractivity contribution is 6.09. The zero-order chi connectivity index (χ0) is 21.0. The highest BCUT2D eigenvalue weighted by Gasteiger charge is 2.47. The molecule has 3 rings (SSSR count). The van der Waals surface area contributed by atoms with E-state index in [1.165, 1.54) is 0 Å². The Morgan fingerprint density at radius 2 is 1.90 bits per heavy atom. The number of hydrogen-bond acceptors (Lipinski definition) is 4. The largest absolute Gasteiger partial charge is 0.497 e. The maximum absolute atomic E-state index is 12.8. The average molecular weight is 395 g/mol. The zero-order valence-corrected chi connectivity index (χ0v) is 16.8. The molecule has 29 heavy (non-hydrogen) atoms. The molecule has 1 heterocycles. The lowest BCUT2D eigenvalue weighted by Gasteiger charge is -2.21. The molecule has 4 amide bonds. The van der Waals surface area contributed by atoms with Crippen LogP contribution in [0.25, 0.3) is 0 Å². The van der Waals surface area contributed by atoms with Gasteiger partial charge in [0.1, 0.15) is 17.8 Å². The molecular weight excluding hydrogens is 370 g/mol. The minimum absolute atomic E-state index is 0.323. The Bertz CT molecular complexity index is 926. The fraction of sp³-hybridized carbons (Fsp3) is 0.318. The van der Waals surface area contributed by atoms with Crippen LogP contribution in [0.2, 0.25) is 0 Å². The number of urea groups is 1. The lowest BCUT2D eigenvalue weighted by atomic mass is 9.93. The van der Waals surface area contributed by atoms with Crippen LogP contribution in [0.4, 0.5) is 10.5 Å². The van der Waals surface area contributed by atoms with Crippen LogP contribution >= 0.6 is 0 Å². The predicted molar refractivity (Wildman–Crippen MR) is 110 cm³/mol. The first kappa shape index (κ1) is 20.4. The van der Waals surface area contributed by atoms with Gasteiger partial charge in [0.25, 0.3) is 5.91 Å². The number of hydrogen-bond donors (Lipinski definition) is 2. The Balaban J connectivity index is 1.60. The van der Waals surface area contributed by atoms with Gasteiger partial charge in [-0.2, -0.15) is 0 Å². The number of amides is 4. The molecule has 1 atom stereocenters. The Kier molecular flexibility index (Phi) is 5.87.